The van der Waals surface area contributed by atoms with Crippen LogP contribution in [0.3, 0.4) is 0 Å². The molecule has 1 aromatic heterocycles. The Morgan fingerprint density at radius 2 is 1.93 bits per heavy atom. The molecule has 1 unspecified atom stereocenters. The zero-order valence-electron chi connectivity index (χ0n) is 19.4. The fourth-order valence-electron chi connectivity index (χ4n) is 4.62. The Balaban J connectivity index is 1.68. The van der Waals surface area contributed by atoms with Crippen LogP contribution in [0.15, 0.2) is 29.3 Å². The van der Waals surface area contributed by atoms with E-state index in [4.69, 9.17) is 4.74 Å². The normalized spacial score (nSPS) is 17.6. The number of ether oxygens (including phenoxy) is 1. The lowest BCUT2D eigenvalue weighted by Gasteiger charge is -2.39. The lowest BCUT2D eigenvalue weighted by atomic mass is 9.72. The number of nitrogens with zero attached hydrogens (tertiary/aromatic N) is 3. The minimum atomic E-state index is 0.0704. The van der Waals surface area contributed by atoms with Gasteiger partial charge in [-0.25, -0.2) is 0 Å². The molecule has 0 aliphatic carbocycles. The van der Waals surface area contributed by atoms with Crippen LogP contribution in [0.2, 0.25) is 0 Å². The predicted octanol–water partition coefficient (Wildman–Crippen LogP) is 3.19. The van der Waals surface area contributed by atoms with Gasteiger partial charge in [-0.15, -0.1) is 0 Å². The van der Waals surface area contributed by atoms with Crippen molar-refractivity contribution in [1.82, 2.24) is 20.4 Å². The van der Waals surface area contributed by atoms with E-state index in [1.807, 2.05) is 18.8 Å². The first-order valence-corrected chi connectivity index (χ1v) is 11.0. The van der Waals surface area contributed by atoms with E-state index in [0.717, 1.165) is 50.7 Å². The molecule has 30 heavy (non-hydrogen) atoms. The highest BCUT2D eigenvalue weighted by atomic mass is 16.5. The summed E-state index contributed by atoms with van der Waals surface area (Å²) in [5.74, 6) is 0.848. The number of hydrogen-bond acceptors (Lipinski definition) is 3. The van der Waals surface area contributed by atoms with E-state index < -0.39 is 0 Å². The van der Waals surface area contributed by atoms with Gasteiger partial charge in [0.05, 0.1) is 5.69 Å². The van der Waals surface area contributed by atoms with Gasteiger partial charge in [0.25, 0.3) is 0 Å². The highest BCUT2D eigenvalue weighted by Crippen LogP contribution is 2.36. The first-order valence-electron chi connectivity index (χ1n) is 11.0. The molecule has 0 amide bonds. The monoisotopic (exact) mass is 411 g/mol. The quantitative estimate of drug-likeness (QED) is 0.566. The van der Waals surface area contributed by atoms with E-state index in [9.17, 15) is 0 Å². The topological polar surface area (TPSA) is 63.5 Å². The average Bonchev–Trinajstić information content (AvgIpc) is 2.98. The standard InChI is InChI=1S/C24H37N5O/c1-17-9-7-8-10-22(17)24(11-13-30-14-12-24)16-26-23(25-5)27-18(2)15-21-19(3)28-29(6)20(21)4/h7-10,18H,11-16H2,1-6H3,(H2,25,26,27). The van der Waals surface area contributed by atoms with Gasteiger partial charge in [0.1, 0.15) is 0 Å². The minimum Gasteiger partial charge on any atom is -0.381 e. The number of aliphatic imine (C=N–C) groups is 1. The van der Waals surface area contributed by atoms with Crippen molar-refractivity contribution in [2.24, 2.45) is 12.0 Å². The second-order valence-corrected chi connectivity index (χ2v) is 8.66. The van der Waals surface area contributed by atoms with Crippen LogP contribution in [-0.2, 0) is 23.6 Å². The molecule has 0 spiro atoms. The van der Waals surface area contributed by atoms with Gasteiger partial charge in [-0.05, 0) is 63.6 Å². The predicted molar refractivity (Wildman–Crippen MR) is 123 cm³/mol. The molecule has 6 heteroatoms. The molecule has 164 valence electrons. The fraction of sp³-hybridized carbons (Fsp3) is 0.583. The molecule has 1 aliphatic heterocycles. The number of aryl methyl sites for hydroxylation is 3. The molecule has 2 heterocycles. The van der Waals surface area contributed by atoms with Crippen LogP contribution in [0.4, 0.5) is 0 Å². The number of guanidine groups is 1. The van der Waals surface area contributed by atoms with Crippen LogP contribution < -0.4 is 10.6 Å². The van der Waals surface area contributed by atoms with Gasteiger partial charge in [-0.2, -0.15) is 5.10 Å². The largest absolute Gasteiger partial charge is 0.381 e. The minimum absolute atomic E-state index is 0.0704. The summed E-state index contributed by atoms with van der Waals surface area (Å²) < 4.78 is 7.65. The lowest BCUT2D eigenvalue weighted by molar-refractivity contribution is 0.0511. The lowest BCUT2D eigenvalue weighted by Crippen LogP contribution is -2.50. The van der Waals surface area contributed by atoms with Crippen molar-refractivity contribution < 1.29 is 4.74 Å². The van der Waals surface area contributed by atoms with Crippen LogP contribution in [0.5, 0.6) is 0 Å². The van der Waals surface area contributed by atoms with Gasteiger partial charge in [0, 0.05) is 51.0 Å². The molecule has 1 fully saturated rings. The Morgan fingerprint density at radius 1 is 1.23 bits per heavy atom. The van der Waals surface area contributed by atoms with Crippen molar-refractivity contribution >= 4 is 5.96 Å². The zero-order valence-corrected chi connectivity index (χ0v) is 19.4. The van der Waals surface area contributed by atoms with E-state index in [1.54, 1.807) is 0 Å². The third-order valence-corrected chi connectivity index (χ3v) is 6.54. The summed E-state index contributed by atoms with van der Waals surface area (Å²) in [4.78, 5) is 4.49. The van der Waals surface area contributed by atoms with E-state index >= 15 is 0 Å². The van der Waals surface area contributed by atoms with Crippen molar-refractivity contribution in [1.29, 1.82) is 0 Å². The van der Waals surface area contributed by atoms with Crippen LogP contribution in [-0.4, -0.2) is 48.6 Å². The SMILES string of the molecule is CN=C(NCC1(c2ccccc2C)CCOCC1)NC(C)Cc1c(C)nn(C)c1C. The van der Waals surface area contributed by atoms with Crippen LogP contribution in [0.1, 0.15) is 47.8 Å². The molecule has 1 aliphatic rings. The molecule has 0 bridgehead atoms. The fourth-order valence-corrected chi connectivity index (χ4v) is 4.62. The van der Waals surface area contributed by atoms with Gasteiger partial charge >= 0.3 is 0 Å². The molecule has 1 saturated heterocycles. The van der Waals surface area contributed by atoms with Crippen molar-refractivity contribution in [3.8, 4) is 0 Å². The molecule has 3 rings (SSSR count). The maximum atomic E-state index is 5.69. The number of rotatable bonds is 6. The number of nitrogens with one attached hydrogen (secondary N) is 2. The third kappa shape index (κ3) is 4.86. The van der Waals surface area contributed by atoms with Gasteiger partial charge < -0.3 is 15.4 Å². The summed E-state index contributed by atoms with van der Waals surface area (Å²) in [5, 5.41) is 11.7. The Morgan fingerprint density at radius 3 is 2.53 bits per heavy atom. The van der Waals surface area contributed by atoms with E-state index in [1.165, 1.54) is 22.4 Å². The Hall–Kier alpha value is -2.34. The second-order valence-electron chi connectivity index (χ2n) is 8.66. The Labute approximate surface area is 181 Å². The van der Waals surface area contributed by atoms with Crippen molar-refractivity contribution in [3.63, 3.8) is 0 Å². The molecule has 0 radical (unpaired) electrons. The molecular formula is C24H37N5O. The van der Waals surface area contributed by atoms with Gasteiger partial charge in [-0.3, -0.25) is 9.67 Å². The second kappa shape index (κ2) is 9.65. The van der Waals surface area contributed by atoms with Crippen LogP contribution in [0, 0.1) is 20.8 Å². The number of hydrogen-bond donors (Lipinski definition) is 2. The summed E-state index contributed by atoms with van der Waals surface area (Å²) in [6, 6.07) is 8.99. The molecule has 0 saturated carbocycles. The Bertz CT molecular complexity index is 880. The van der Waals surface area contributed by atoms with Gasteiger partial charge in [0.15, 0.2) is 5.96 Å². The molecule has 1 atom stereocenters. The van der Waals surface area contributed by atoms with Crippen LogP contribution in [0.25, 0.3) is 0 Å². The van der Waals surface area contributed by atoms with Crippen molar-refractivity contribution in [3.05, 3.63) is 52.3 Å². The van der Waals surface area contributed by atoms with E-state index in [0.29, 0.717) is 0 Å². The van der Waals surface area contributed by atoms with Crippen molar-refractivity contribution in [2.45, 2.75) is 58.4 Å². The molecule has 2 aromatic rings. The third-order valence-electron chi connectivity index (χ3n) is 6.54. The molecule has 1 aromatic carbocycles. The summed E-state index contributed by atoms with van der Waals surface area (Å²) in [7, 11) is 3.84. The zero-order chi connectivity index (χ0) is 21.7. The van der Waals surface area contributed by atoms with E-state index in [2.05, 4.69) is 72.7 Å². The smallest absolute Gasteiger partial charge is 0.191 e. The van der Waals surface area contributed by atoms with Crippen LogP contribution >= 0.6 is 0 Å². The summed E-state index contributed by atoms with van der Waals surface area (Å²) in [5.41, 5.74) is 6.48. The first kappa shape index (κ1) is 22.3. The number of benzene rings is 1. The Kier molecular flexibility index (Phi) is 7.19. The van der Waals surface area contributed by atoms with E-state index in [-0.39, 0.29) is 11.5 Å². The highest BCUT2D eigenvalue weighted by Gasteiger charge is 2.35. The molecule has 6 nitrogen and oxygen atoms in total. The maximum Gasteiger partial charge on any atom is 0.191 e. The van der Waals surface area contributed by atoms with Crippen molar-refractivity contribution in [2.75, 3.05) is 26.8 Å². The van der Waals surface area contributed by atoms with Gasteiger partial charge in [0.2, 0.25) is 0 Å². The highest BCUT2D eigenvalue weighted by molar-refractivity contribution is 5.80. The summed E-state index contributed by atoms with van der Waals surface area (Å²) in [6.45, 7) is 11.1. The first-order chi connectivity index (χ1) is 14.4. The number of aromatic nitrogens is 2. The van der Waals surface area contributed by atoms with Gasteiger partial charge in [-0.1, -0.05) is 24.3 Å². The molecule has 2 N–H and O–H groups in total. The maximum absolute atomic E-state index is 5.69. The average molecular weight is 412 g/mol. The summed E-state index contributed by atoms with van der Waals surface area (Å²) in [6.07, 6.45) is 2.96. The summed E-state index contributed by atoms with van der Waals surface area (Å²) >= 11 is 0. The molecular weight excluding hydrogens is 374 g/mol.